The van der Waals surface area contributed by atoms with E-state index in [9.17, 15) is 4.79 Å². The van der Waals surface area contributed by atoms with Gasteiger partial charge in [-0.2, -0.15) is 0 Å². The van der Waals surface area contributed by atoms with E-state index in [1.54, 1.807) is 34.6 Å². The summed E-state index contributed by atoms with van der Waals surface area (Å²) in [7, 11) is 6.44. The Hall–Kier alpha value is -4.01. The zero-order valence-corrected chi connectivity index (χ0v) is 21.7. The van der Waals surface area contributed by atoms with Crippen LogP contribution in [-0.2, 0) is 6.42 Å². The molecule has 0 radical (unpaired) electrons. The average molecular weight is 505 g/mol. The molecule has 5 rings (SSSR count). The van der Waals surface area contributed by atoms with Gasteiger partial charge in [0.25, 0.3) is 0 Å². The molecule has 9 nitrogen and oxygen atoms in total. The van der Waals surface area contributed by atoms with Gasteiger partial charge in [0.15, 0.2) is 17.3 Å². The van der Waals surface area contributed by atoms with Crippen LogP contribution in [0.2, 0.25) is 0 Å². The summed E-state index contributed by atoms with van der Waals surface area (Å²) in [5.41, 5.74) is 3.54. The number of piperazine rings is 1. The lowest BCUT2D eigenvalue weighted by molar-refractivity contribution is 0.0962. The van der Waals surface area contributed by atoms with Crippen LogP contribution in [-0.4, -0.2) is 70.4 Å². The minimum Gasteiger partial charge on any atom is -0.497 e. The van der Waals surface area contributed by atoms with Gasteiger partial charge in [0.05, 0.1) is 39.7 Å². The van der Waals surface area contributed by atoms with Crippen LogP contribution in [0.1, 0.15) is 34.0 Å². The molecule has 2 heterocycles. The molecule has 0 saturated carbocycles. The Kier molecular flexibility index (Phi) is 7.03. The number of hydrogen-bond acceptors (Lipinski definition) is 9. The molecule has 3 aromatic rings. The molecule has 1 fully saturated rings. The SMILES string of the molecule is COc1ccc(N2CCN(c3ncc4c(n3)CC(c3cc(OC)c(OC)c(OC)c3)CC4=O)CC2)cc1. The molecule has 1 saturated heterocycles. The van der Waals surface area contributed by atoms with Crippen molar-refractivity contribution < 1.29 is 23.7 Å². The summed E-state index contributed by atoms with van der Waals surface area (Å²) in [6.07, 6.45) is 2.72. The third kappa shape index (κ3) is 4.85. The molecule has 0 bridgehead atoms. The Balaban J connectivity index is 1.33. The van der Waals surface area contributed by atoms with Crippen LogP contribution in [0.3, 0.4) is 0 Å². The van der Waals surface area contributed by atoms with Gasteiger partial charge in [-0.3, -0.25) is 4.79 Å². The van der Waals surface area contributed by atoms with E-state index in [2.05, 4.69) is 26.9 Å². The lowest BCUT2D eigenvalue weighted by Gasteiger charge is -2.36. The van der Waals surface area contributed by atoms with Crippen LogP contribution in [0.5, 0.6) is 23.0 Å². The monoisotopic (exact) mass is 504 g/mol. The molecular formula is C28H32N4O5. The second kappa shape index (κ2) is 10.5. The first-order valence-electron chi connectivity index (χ1n) is 12.4. The van der Waals surface area contributed by atoms with Crippen molar-refractivity contribution in [2.45, 2.75) is 18.8 Å². The summed E-state index contributed by atoms with van der Waals surface area (Å²) in [5, 5.41) is 0. The van der Waals surface area contributed by atoms with Crippen LogP contribution in [0.15, 0.2) is 42.6 Å². The highest BCUT2D eigenvalue weighted by atomic mass is 16.5. The van der Waals surface area contributed by atoms with Gasteiger partial charge in [-0.1, -0.05) is 0 Å². The first-order valence-corrected chi connectivity index (χ1v) is 12.4. The van der Waals surface area contributed by atoms with Crippen LogP contribution in [0, 0.1) is 0 Å². The Morgan fingerprint density at radius 1 is 0.811 bits per heavy atom. The molecule has 1 aliphatic heterocycles. The van der Waals surface area contributed by atoms with Crippen LogP contribution >= 0.6 is 0 Å². The van der Waals surface area contributed by atoms with Gasteiger partial charge in [0.2, 0.25) is 11.7 Å². The summed E-state index contributed by atoms with van der Waals surface area (Å²) in [4.78, 5) is 27.0. The van der Waals surface area contributed by atoms with Crippen molar-refractivity contribution in [1.82, 2.24) is 9.97 Å². The minimum atomic E-state index is -0.0385. The van der Waals surface area contributed by atoms with E-state index < -0.39 is 0 Å². The van der Waals surface area contributed by atoms with Crippen molar-refractivity contribution in [3.05, 3.63) is 59.4 Å². The average Bonchev–Trinajstić information content (AvgIpc) is 2.96. The number of fused-ring (bicyclic) bond motifs is 1. The summed E-state index contributed by atoms with van der Waals surface area (Å²) < 4.78 is 21.8. The molecule has 1 unspecified atom stereocenters. The van der Waals surface area contributed by atoms with E-state index >= 15 is 0 Å². The Labute approximate surface area is 216 Å². The number of methoxy groups -OCH3 is 4. The van der Waals surface area contributed by atoms with Crippen molar-refractivity contribution in [3.63, 3.8) is 0 Å². The van der Waals surface area contributed by atoms with Gasteiger partial charge in [-0.05, 0) is 54.3 Å². The molecule has 1 aliphatic carbocycles. The highest BCUT2D eigenvalue weighted by Crippen LogP contribution is 2.42. The van der Waals surface area contributed by atoms with E-state index in [0.29, 0.717) is 41.6 Å². The zero-order chi connectivity index (χ0) is 25.9. The van der Waals surface area contributed by atoms with Crippen LogP contribution in [0.25, 0.3) is 0 Å². The van der Waals surface area contributed by atoms with E-state index in [-0.39, 0.29) is 11.7 Å². The second-order valence-electron chi connectivity index (χ2n) is 9.19. The Morgan fingerprint density at radius 3 is 2.05 bits per heavy atom. The maximum Gasteiger partial charge on any atom is 0.225 e. The van der Waals surface area contributed by atoms with E-state index in [1.165, 1.54) is 5.69 Å². The zero-order valence-electron chi connectivity index (χ0n) is 21.7. The van der Waals surface area contributed by atoms with Crippen LogP contribution in [0.4, 0.5) is 11.6 Å². The number of carbonyl (C=O) groups excluding carboxylic acids is 1. The van der Waals surface area contributed by atoms with E-state index in [4.69, 9.17) is 23.9 Å². The van der Waals surface area contributed by atoms with Gasteiger partial charge >= 0.3 is 0 Å². The molecule has 0 spiro atoms. The number of aromatic nitrogens is 2. The second-order valence-corrected chi connectivity index (χ2v) is 9.19. The summed E-state index contributed by atoms with van der Waals surface area (Å²) in [6.45, 7) is 3.32. The molecule has 37 heavy (non-hydrogen) atoms. The normalized spacial score (nSPS) is 17.3. The number of Topliss-reactive ketones (excluding diaryl/α,β-unsaturated/α-hetero) is 1. The topological polar surface area (TPSA) is 86.2 Å². The standard InChI is InChI=1S/C28H32N4O5/c1-34-21-7-5-20(6-8-21)31-9-11-32(12-10-31)28-29-17-22-23(30-28)13-18(14-24(22)33)19-15-25(35-2)27(37-4)26(16-19)36-3/h5-8,15-18H,9-14H2,1-4H3. The molecule has 194 valence electrons. The number of ketones is 1. The lowest BCUT2D eigenvalue weighted by Crippen LogP contribution is -2.47. The first-order chi connectivity index (χ1) is 18.0. The number of hydrogen-bond donors (Lipinski definition) is 0. The number of anilines is 2. The summed E-state index contributed by atoms with van der Waals surface area (Å²) >= 11 is 0. The number of carbonyl (C=O) groups is 1. The largest absolute Gasteiger partial charge is 0.497 e. The fourth-order valence-electron chi connectivity index (χ4n) is 5.12. The first kappa shape index (κ1) is 24.7. The fraction of sp³-hybridized carbons (Fsp3) is 0.393. The van der Waals surface area contributed by atoms with Gasteiger partial charge in [0.1, 0.15) is 5.75 Å². The maximum atomic E-state index is 13.0. The predicted octanol–water partition coefficient (Wildman–Crippen LogP) is 3.75. The van der Waals surface area contributed by atoms with Crippen molar-refractivity contribution in [3.8, 4) is 23.0 Å². The molecule has 1 aromatic heterocycles. The van der Waals surface area contributed by atoms with Gasteiger partial charge < -0.3 is 28.7 Å². The number of benzene rings is 2. The van der Waals surface area contributed by atoms with Crippen molar-refractivity contribution in [2.24, 2.45) is 0 Å². The van der Waals surface area contributed by atoms with Gasteiger partial charge in [0, 0.05) is 44.5 Å². The van der Waals surface area contributed by atoms with Gasteiger partial charge in [-0.15, -0.1) is 0 Å². The maximum absolute atomic E-state index is 13.0. The highest BCUT2D eigenvalue weighted by Gasteiger charge is 2.30. The smallest absolute Gasteiger partial charge is 0.225 e. The highest BCUT2D eigenvalue weighted by molar-refractivity contribution is 5.98. The van der Waals surface area contributed by atoms with E-state index in [0.717, 1.165) is 43.2 Å². The number of nitrogens with zero attached hydrogens (tertiary/aromatic N) is 4. The molecular weight excluding hydrogens is 472 g/mol. The third-order valence-corrected chi connectivity index (χ3v) is 7.19. The summed E-state index contributed by atoms with van der Waals surface area (Å²) in [5.74, 6) is 3.23. The minimum absolute atomic E-state index is 0.0385. The Bertz CT molecular complexity index is 1250. The fourth-order valence-corrected chi connectivity index (χ4v) is 5.12. The van der Waals surface area contributed by atoms with Gasteiger partial charge in [-0.25, -0.2) is 9.97 Å². The quantitative estimate of drug-likeness (QED) is 0.477. The molecule has 1 atom stereocenters. The molecule has 2 aromatic carbocycles. The number of rotatable bonds is 7. The van der Waals surface area contributed by atoms with E-state index in [1.807, 2.05) is 24.3 Å². The predicted molar refractivity (Wildman–Crippen MR) is 141 cm³/mol. The number of ether oxygens (including phenoxy) is 4. The van der Waals surface area contributed by atoms with Crippen molar-refractivity contribution >= 4 is 17.4 Å². The summed E-state index contributed by atoms with van der Waals surface area (Å²) in [6, 6.07) is 12.0. The molecule has 0 N–H and O–H groups in total. The lowest BCUT2D eigenvalue weighted by atomic mass is 9.82. The van der Waals surface area contributed by atoms with Crippen molar-refractivity contribution in [2.75, 3.05) is 64.4 Å². The van der Waals surface area contributed by atoms with Crippen LogP contribution < -0.4 is 28.7 Å². The Morgan fingerprint density at radius 2 is 1.46 bits per heavy atom. The molecule has 0 amide bonds. The molecule has 9 heteroatoms. The van der Waals surface area contributed by atoms with Crippen molar-refractivity contribution in [1.29, 1.82) is 0 Å². The third-order valence-electron chi connectivity index (χ3n) is 7.19. The molecule has 2 aliphatic rings.